The number of rotatable bonds is 7. The van der Waals surface area contributed by atoms with Crippen molar-refractivity contribution in [2.24, 2.45) is 0 Å². The Morgan fingerprint density at radius 3 is 2.62 bits per heavy atom. The molecule has 160 valence electrons. The molecule has 0 aromatic heterocycles. The second-order valence-corrected chi connectivity index (χ2v) is 7.88. The molecule has 0 saturated heterocycles. The first-order valence-electron chi connectivity index (χ1n) is 9.20. The molecular formula is C23H15BrClN3O4. The van der Waals surface area contributed by atoms with Crippen LogP contribution in [-0.2, 0) is 11.4 Å². The first-order chi connectivity index (χ1) is 15.4. The minimum atomic E-state index is -0.698. The van der Waals surface area contributed by atoms with Gasteiger partial charge in [-0.05, 0) is 48.0 Å². The number of hydrogen-bond donors (Lipinski definition) is 1. The second kappa shape index (κ2) is 10.6. The molecule has 0 unspecified atom stereocenters. The molecule has 0 heterocycles. The van der Waals surface area contributed by atoms with Gasteiger partial charge in [-0.2, -0.15) is 5.26 Å². The molecule has 9 heteroatoms. The molecule has 0 radical (unpaired) electrons. The SMILES string of the molecule is N#C/C(=C\c1cc(Br)ccc1OCc1ccc(Cl)cc1)C(=O)Nc1cccc([N+](=O)[O-])c1. The van der Waals surface area contributed by atoms with Crippen molar-refractivity contribution >= 4 is 50.9 Å². The monoisotopic (exact) mass is 511 g/mol. The number of amides is 1. The van der Waals surface area contributed by atoms with Crippen molar-refractivity contribution < 1.29 is 14.5 Å². The van der Waals surface area contributed by atoms with E-state index in [9.17, 15) is 20.2 Å². The highest BCUT2D eigenvalue weighted by Gasteiger charge is 2.14. The van der Waals surface area contributed by atoms with E-state index in [2.05, 4.69) is 21.2 Å². The third-order valence-electron chi connectivity index (χ3n) is 4.26. The molecule has 0 bridgehead atoms. The van der Waals surface area contributed by atoms with Crippen molar-refractivity contribution in [1.82, 2.24) is 0 Å². The molecular weight excluding hydrogens is 498 g/mol. The van der Waals surface area contributed by atoms with Crippen LogP contribution in [0.4, 0.5) is 11.4 Å². The van der Waals surface area contributed by atoms with Gasteiger partial charge in [-0.15, -0.1) is 0 Å². The molecule has 32 heavy (non-hydrogen) atoms. The lowest BCUT2D eigenvalue weighted by molar-refractivity contribution is -0.384. The average molecular weight is 513 g/mol. The van der Waals surface area contributed by atoms with Crippen molar-refractivity contribution in [3.63, 3.8) is 0 Å². The van der Waals surface area contributed by atoms with Gasteiger partial charge in [0.2, 0.25) is 0 Å². The molecule has 0 aliphatic heterocycles. The van der Waals surface area contributed by atoms with Crippen LogP contribution in [-0.4, -0.2) is 10.8 Å². The second-order valence-electron chi connectivity index (χ2n) is 6.53. The average Bonchev–Trinajstić information content (AvgIpc) is 2.78. The van der Waals surface area contributed by atoms with E-state index in [1.807, 2.05) is 18.2 Å². The van der Waals surface area contributed by atoms with Crippen molar-refractivity contribution in [3.8, 4) is 11.8 Å². The fourth-order valence-corrected chi connectivity index (χ4v) is 3.21. The quantitative estimate of drug-likeness (QED) is 0.177. The Kier molecular flexibility index (Phi) is 7.60. The van der Waals surface area contributed by atoms with Crippen LogP contribution < -0.4 is 10.1 Å². The fraction of sp³-hybridized carbons (Fsp3) is 0.0435. The third-order valence-corrected chi connectivity index (χ3v) is 5.00. The number of carbonyl (C=O) groups excluding carboxylic acids is 1. The number of carbonyl (C=O) groups is 1. The Hall–Kier alpha value is -3.67. The molecule has 3 aromatic rings. The van der Waals surface area contributed by atoms with Gasteiger partial charge < -0.3 is 10.1 Å². The molecule has 3 aromatic carbocycles. The summed E-state index contributed by atoms with van der Waals surface area (Å²) in [4.78, 5) is 23.0. The lowest BCUT2D eigenvalue weighted by Crippen LogP contribution is -2.13. The Morgan fingerprint density at radius 2 is 1.94 bits per heavy atom. The van der Waals surface area contributed by atoms with Crippen molar-refractivity contribution in [2.45, 2.75) is 6.61 Å². The number of anilines is 1. The highest BCUT2D eigenvalue weighted by molar-refractivity contribution is 9.10. The van der Waals surface area contributed by atoms with Crippen LogP contribution in [0.25, 0.3) is 6.08 Å². The van der Waals surface area contributed by atoms with Gasteiger partial charge in [-0.1, -0.05) is 45.7 Å². The first kappa shape index (κ1) is 23.0. The molecule has 3 rings (SSSR count). The summed E-state index contributed by atoms with van der Waals surface area (Å²) in [6.45, 7) is 0.265. The van der Waals surface area contributed by atoms with Gasteiger partial charge in [-0.3, -0.25) is 14.9 Å². The number of benzene rings is 3. The van der Waals surface area contributed by atoms with Gasteiger partial charge in [0, 0.05) is 32.9 Å². The largest absolute Gasteiger partial charge is 0.488 e. The highest BCUT2D eigenvalue weighted by Crippen LogP contribution is 2.27. The van der Waals surface area contributed by atoms with Crippen LogP contribution in [0, 0.1) is 21.4 Å². The molecule has 1 N–H and O–H groups in total. The number of hydrogen-bond acceptors (Lipinski definition) is 5. The molecule has 0 atom stereocenters. The number of nitriles is 1. The van der Waals surface area contributed by atoms with Crippen LogP contribution in [0.5, 0.6) is 5.75 Å². The van der Waals surface area contributed by atoms with Gasteiger partial charge in [0.15, 0.2) is 0 Å². The molecule has 0 aliphatic carbocycles. The van der Waals surface area contributed by atoms with Crippen molar-refractivity contribution in [3.05, 3.63) is 103 Å². The number of halogens is 2. The molecule has 1 amide bonds. The lowest BCUT2D eigenvalue weighted by atomic mass is 10.1. The summed E-state index contributed by atoms with van der Waals surface area (Å²) in [5.74, 6) is -0.226. The zero-order valence-electron chi connectivity index (χ0n) is 16.4. The lowest BCUT2D eigenvalue weighted by Gasteiger charge is -2.11. The van der Waals surface area contributed by atoms with Gasteiger partial charge in [-0.25, -0.2) is 0 Å². The maximum absolute atomic E-state index is 12.6. The molecule has 0 spiro atoms. The molecule has 0 aliphatic rings. The van der Waals surface area contributed by atoms with E-state index in [0.29, 0.717) is 16.3 Å². The summed E-state index contributed by atoms with van der Waals surface area (Å²) in [6.07, 6.45) is 1.40. The predicted octanol–water partition coefficient (Wildman–Crippen LogP) is 6.14. The number of nitro groups is 1. The maximum atomic E-state index is 12.6. The number of nitrogens with zero attached hydrogens (tertiary/aromatic N) is 2. The first-order valence-corrected chi connectivity index (χ1v) is 10.4. The summed E-state index contributed by atoms with van der Waals surface area (Å²) in [6, 6.07) is 19.7. The summed E-state index contributed by atoms with van der Waals surface area (Å²) in [7, 11) is 0. The highest BCUT2D eigenvalue weighted by atomic mass is 79.9. The Bertz CT molecular complexity index is 1240. The van der Waals surface area contributed by atoms with Crippen LogP contribution in [0.15, 0.2) is 76.8 Å². The Morgan fingerprint density at radius 1 is 1.19 bits per heavy atom. The number of nitro benzene ring substituents is 1. The van der Waals surface area contributed by atoms with E-state index in [4.69, 9.17) is 16.3 Å². The van der Waals surface area contributed by atoms with E-state index in [0.717, 1.165) is 10.0 Å². The Balaban J connectivity index is 1.82. The van der Waals surface area contributed by atoms with Crippen LogP contribution in [0.3, 0.4) is 0 Å². The zero-order valence-corrected chi connectivity index (χ0v) is 18.8. The minimum Gasteiger partial charge on any atom is -0.488 e. The number of nitrogens with one attached hydrogen (secondary N) is 1. The minimum absolute atomic E-state index is 0.171. The smallest absolute Gasteiger partial charge is 0.271 e. The third kappa shape index (κ3) is 6.17. The Labute approximate surface area is 197 Å². The molecule has 7 nitrogen and oxygen atoms in total. The summed E-state index contributed by atoms with van der Waals surface area (Å²) < 4.78 is 6.61. The maximum Gasteiger partial charge on any atom is 0.271 e. The van der Waals surface area contributed by atoms with Crippen molar-refractivity contribution in [1.29, 1.82) is 5.26 Å². The topological polar surface area (TPSA) is 105 Å². The molecule has 0 saturated carbocycles. The molecule has 0 fully saturated rings. The van der Waals surface area contributed by atoms with Gasteiger partial charge >= 0.3 is 0 Å². The van der Waals surface area contributed by atoms with E-state index < -0.39 is 10.8 Å². The van der Waals surface area contributed by atoms with Crippen LogP contribution in [0.2, 0.25) is 5.02 Å². The van der Waals surface area contributed by atoms with E-state index in [-0.39, 0.29) is 23.6 Å². The normalized spacial score (nSPS) is 10.8. The van der Waals surface area contributed by atoms with Gasteiger partial charge in [0.25, 0.3) is 11.6 Å². The van der Waals surface area contributed by atoms with E-state index in [1.165, 1.54) is 30.3 Å². The number of non-ortho nitro benzene ring substituents is 1. The number of ether oxygens (including phenoxy) is 1. The summed E-state index contributed by atoms with van der Waals surface area (Å²) >= 11 is 9.28. The standard InChI is InChI=1S/C23H15BrClN3O4/c24-18-6-9-22(32-14-15-4-7-19(25)8-5-15)16(11-18)10-17(13-26)23(29)27-20-2-1-3-21(12-20)28(30)31/h1-12H,14H2,(H,27,29)/b17-10+. The van der Waals surface area contributed by atoms with E-state index >= 15 is 0 Å². The summed E-state index contributed by atoms with van der Waals surface area (Å²) in [5.41, 5.74) is 1.26. The predicted molar refractivity (Wildman–Crippen MR) is 125 cm³/mol. The fourth-order valence-electron chi connectivity index (χ4n) is 2.71. The van der Waals surface area contributed by atoms with Gasteiger partial charge in [0.05, 0.1) is 4.92 Å². The zero-order chi connectivity index (χ0) is 23.1. The summed E-state index contributed by atoms with van der Waals surface area (Å²) in [5, 5.41) is 23.6. The van der Waals surface area contributed by atoms with Crippen LogP contribution >= 0.6 is 27.5 Å². The van der Waals surface area contributed by atoms with Crippen LogP contribution in [0.1, 0.15) is 11.1 Å². The van der Waals surface area contributed by atoms with Gasteiger partial charge in [0.1, 0.15) is 24.0 Å². The van der Waals surface area contributed by atoms with E-state index in [1.54, 1.807) is 30.3 Å². The van der Waals surface area contributed by atoms with Crippen molar-refractivity contribution in [2.75, 3.05) is 5.32 Å².